The molecule has 2 rings (SSSR count). The van der Waals surface area contributed by atoms with Gasteiger partial charge in [-0.25, -0.2) is 5.43 Å². The Kier molecular flexibility index (Phi) is 6.00. The molecule has 1 amide bonds. The number of hydrazone groups is 1. The first-order valence-corrected chi connectivity index (χ1v) is 8.06. The summed E-state index contributed by atoms with van der Waals surface area (Å²) in [7, 11) is 0. The van der Waals surface area contributed by atoms with Gasteiger partial charge in [-0.05, 0) is 37.0 Å². The molecule has 2 aromatic carbocycles. The first kappa shape index (κ1) is 18.3. The number of aryl methyl sites for hydroxylation is 1. The number of nitro benzene ring substituents is 1. The molecule has 6 nitrogen and oxygen atoms in total. The van der Waals surface area contributed by atoms with Crippen LogP contribution in [0.1, 0.15) is 41.8 Å². The fourth-order valence-corrected chi connectivity index (χ4v) is 2.43. The smallest absolute Gasteiger partial charge is 0.267 e. The minimum absolute atomic E-state index is 0.00941. The van der Waals surface area contributed by atoms with Gasteiger partial charge in [0.1, 0.15) is 0 Å². The lowest BCUT2D eigenvalue weighted by molar-refractivity contribution is -0.385. The molecule has 0 saturated carbocycles. The standard InChI is InChI=1S/C19H21N3O3/c1-13(2)11-17(15-7-5-4-6-8-15)20-21-19(23)16-9-10-18(22(24)25)14(3)12-16/h4-10,12-13H,11H2,1-3H3,(H,21,23)/b20-17+. The number of amides is 1. The third-order valence-corrected chi connectivity index (χ3v) is 3.66. The first-order valence-electron chi connectivity index (χ1n) is 8.06. The second-order valence-electron chi connectivity index (χ2n) is 6.22. The summed E-state index contributed by atoms with van der Waals surface area (Å²) >= 11 is 0. The molecule has 0 radical (unpaired) electrons. The van der Waals surface area contributed by atoms with Crippen molar-refractivity contribution in [3.8, 4) is 0 Å². The predicted octanol–water partition coefficient (Wildman–Crippen LogP) is 4.08. The van der Waals surface area contributed by atoms with Crippen LogP contribution in [0, 0.1) is 23.0 Å². The third-order valence-electron chi connectivity index (χ3n) is 3.66. The SMILES string of the molecule is Cc1cc(C(=O)N/N=C(\CC(C)C)c2ccccc2)ccc1[N+](=O)[O-]. The Bertz CT molecular complexity index is 799. The highest BCUT2D eigenvalue weighted by molar-refractivity contribution is 6.02. The largest absolute Gasteiger partial charge is 0.272 e. The molecule has 130 valence electrons. The molecule has 0 aliphatic rings. The number of nitrogens with one attached hydrogen (secondary N) is 1. The summed E-state index contributed by atoms with van der Waals surface area (Å²) in [4.78, 5) is 22.7. The molecule has 2 aromatic rings. The molecular formula is C19H21N3O3. The molecule has 0 aliphatic carbocycles. The maximum atomic E-state index is 12.3. The number of carbonyl (C=O) groups excluding carboxylic acids is 1. The number of hydrogen-bond acceptors (Lipinski definition) is 4. The van der Waals surface area contributed by atoms with Gasteiger partial charge in [-0.2, -0.15) is 5.10 Å². The Morgan fingerprint density at radius 3 is 2.40 bits per heavy atom. The van der Waals surface area contributed by atoms with Crippen molar-refractivity contribution in [3.63, 3.8) is 0 Å². The predicted molar refractivity (Wildman–Crippen MR) is 97.7 cm³/mol. The molecule has 0 spiro atoms. The van der Waals surface area contributed by atoms with Crippen molar-refractivity contribution in [1.29, 1.82) is 0 Å². The fourth-order valence-electron chi connectivity index (χ4n) is 2.43. The monoisotopic (exact) mass is 339 g/mol. The molecule has 0 fully saturated rings. The van der Waals surface area contributed by atoms with Gasteiger partial charge in [-0.1, -0.05) is 44.2 Å². The van der Waals surface area contributed by atoms with Crippen molar-refractivity contribution in [2.75, 3.05) is 0 Å². The van der Waals surface area contributed by atoms with Crippen LogP contribution in [0.3, 0.4) is 0 Å². The van der Waals surface area contributed by atoms with Crippen LogP contribution in [0.5, 0.6) is 0 Å². The normalized spacial score (nSPS) is 11.4. The van der Waals surface area contributed by atoms with Gasteiger partial charge < -0.3 is 0 Å². The zero-order chi connectivity index (χ0) is 18.4. The highest BCUT2D eigenvalue weighted by atomic mass is 16.6. The van der Waals surface area contributed by atoms with Crippen LogP contribution in [0.2, 0.25) is 0 Å². The molecular weight excluding hydrogens is 318 g/mol. The summed E-state index contributed by atoms with van der Waals surface area (Å²) in [6.45, 7) is 5.77. The minimum Gasteiger partial charge on any atom is -0.267 e. The van der Waals surface area contributed by atoms with E-state index in [0.717, 1.165) is 17.7 Å². The van der Waals surface area contributed by atoms with Gasteiger partial charge in [-0.15, -0.1) is 0 Å². The molecule has 0 saturated heterocycles. The van der Waals surface area contributed by atoms with Crippen LogP contribution in [0.4, 0.5) is 5.69 Å². The maximum Gasteiger partial charge on any atom is 0.272 e. The van der Waals surface area contributed by atoms with E-state index in [4.69, 9.17) is 0 Å². The van der Waals surface area contributed by atoms with E-state index in [1.165, 1.54) is 18.2 Å². The zero-order valence-electron chi connectivity index (χ0n) is 14.5. The lowest BCUT2D eigenvalue weighted by Crippen LogP contribution is -2.21. The average molecular weight is 339 g/mol. The second-order valence-corrected chi connectivity index (χ2v) is 6.22. The van der Waals surface area contributed by atoms with Crippen LogP contribution in [0.15, 0.2) is 53.6 Å². The van der Waals surface area contributed by atoms with E-state index >= 15 is 0 Å². The Hall–Kier alpha value is -3.02. The number of nitro groups is 1. The Morgan fingerprint density at radius 2 is 1.84 bits per heavy atom. The van der Waals surface area contributed by atoms with Gasteiger partial charge in [-0.3, -0.25) is 14.9 Å². The summed E-state index contributed by atoms with van der Waals surface area (Å²) in [5.41, 5.74) is 5.07. The lowest BCUT2D eigenvalue weighted by Gasteiger charge is -2.10. The summed E-state index contributed by atoms with van der Waals surface area (Å²) in [6, 6.07) is 13.9. The molecule has 6 heteroatoms. The number of hydrogen-bond donors (Lipinski definition) is 1. The number of nitrogens with zero attached hydrogens (tertiary/aromatic N) is 2. The molecule has 0 atom stereocenters. The van der Waals surface area contributed by atoms with E-state index in [9.17, 15) is 14.9 Å². The highest BCUT2D eigenvalue weighted by Crippen LogP contribution is 2.18. The van der Waals surface area contributed by atoms with Crippen molar-refractivity contribution in [1.82, 2.24) is 5.43 Å². The molecule has 0 bridgehead atoms. The maximum absolute atomic E-state index is 12.3. The van der Waals surface area contributed by atoms with Crippen LogP contribution in [-0.4, -0.2) is 16.5 Å². The third kappa shape index (κ3) is 4.97. The molecule has 0 aliphatic heterocycles. The highest BCUT2D eigenvalue weighted by Gasteiger charge is 2.14. The van der Waals surface area contributed by atoms with Gasteiger partial charge >= 0.3 is 0 Å². The van der Waals surface area contributed by atoms with Crippen molar-refractivity contribution >= 4 is 17.3 Å². The van der Waals surface area contributed by atoms with Gasteiger partial charge in [0.15, 0.2) is 0 Å². The second kappa shape index (κ2) is 8.19. The summed E-state index contributed by atoms with van der Waals surface area (Å²) in [6.07, 6.45) is 0.726. The Morgan fingerprint density at radius 1 is 1.16 bits per heavy atom. The fraction of sp³-hybridized carbons (Fsp3) is 0.263. The summed E-state index contributed by atoms with van der Waals surface area (Å²) in [5.74, 6) is -0.00679. The summed E-state index contributed by atoms with van der Waals surface area (Å²) in [5, 5.41) is 15.1. The van der Waals surface area contributed by atoms with Crippen molar-refractivity contribution < 1.29 is 9.72 Å². The minimum atomic E-state index is -0.467. The number of benzene rings is 2. The molecule has 0 unspecified atom stereocenters. The quantitative estimate of drug-likeness (QED) is 0.489. The molecule has 0 heterocycles. The van der Waals surface area contributed by atoms with E-state index in [0.29, 0.717) is 17.0 Å². The van der Waals surface area contributed by atoms with Gasteiger partial charge in [0, 0.05) is 17.2 Å². The van der Waals surface area contributed by atoms with E-state index in [-0.39, 0.29) is 5.69 Å². The van der Waals surface area contributed by atoms with Gasteiger partial charge in [0.2, 0.25) is 0 Å². The van der Waals surface area contributed by atoms with E-state index in [1.54, 1.807) is 6.92 Å². The van der Waals surface area contributed by atoms with Crippen molar-refractivity contribution in [2.45, 2.75) is 27.2 Å². The summed E-state index contributed by atoms with van der Waals surface area (Å²) < 4.78 is 0. The lowest BCUT2D eigenvalue weighted by atomic mass is 10.0. The van der Waals surface area contributed by atoms with Crippen molar-refractivity contribution in [3.05, 3.63) is 75.3 Å². The van der Waals surface area contributed by atoms with Gasteiger partial charge in [0.25, 0.3) is 11.6 Å². The van der Waals surface area contributed by atoms with Crippen LogP contribution in [0.25, 0.3) is 0 Å². The average Bonchev–Trinajstić information content (AvgIpc) is 2.58. The van der Waals surface area contributed by atoms with Crippen LogP contribution >= 0.6 is 0 Å². The van der Waals surface area contributed by atoms with Crippen LogP contribution < -0.4 is 5.43 Å². The molecule has 1 N–H and O–H groups in total. The molecule has 25 heavy (non-hydrogen) atoms. The Balaban J connectivity index is 2.21. The first-order chi connectivity index (χ1) is 11.9. The van der Waals surface area contributed by atoms with Crippen LogP contribution in [-0.2, 0) is 0 Å². The van der Waals surface area contributed by atoms with Crippen molar-refractivity contribution in [2.24, 2.45) is 11.0 Å². The zero-order valence-corrected chi connectivity index (χ0v) is 14.5. The Labute approximate surface area is 146 Å². The number of rotatable bonds is 6. The molecule has 0 aromatic heterocycles. The topological polar surface area (TPSA) is 84.6 Å². The van der Waals surface area contributed by atoms with E-state index < -0.39 is 10.8 Å². The van der Waals surface area contributed by atoms with E-state index in [1.807, 2.05) is 30.3 Å². The van der Waals surface area contributed by atoms with E-state index in [2.05, 4.69) is 24.4 Å². The number of carbonyl (C=O) groups is 1. The van der Waals surface area contributed by atoms with Gasteiger partial charge in [0.05, 0.1) is 10.6 Å².